The maximum Gasteiger partial charge on any atom is 0.218 e. The summed E-state index contributed by atoms with van der Waals surface area (Å²) >= 11 is 5.76. The van der Waals surface area contributed by atoms with Crippen LogP contribution in [0.2, 0.25) is 5.02 Å². The molecule has 0 unspecified atom stereocenters. The third-order valence-electron chi connectivity index (χ3n) is 1.74. The molecule has 0 aromatic heterocycles. The second-order valence-electron chi connectivity index (χ2n) is 3.71. The third kappa shape index (κ3) is 6.32. The molecule has 0 aliphatic heterocycles. The van der Waals surface area contributed by atoms with Crippen molar-refractivity contribution in [2.75, 3.05) is 5.32 Å². The highest BCUT2D eigenvalue weighted by Crippen LogP contribution is 2.12. The van der Waals surface area contributed by atoms with Gasteiger partial charge in [0.2, 0.25) is 11.9 Å². The molecule has 0 aliphatic rings. The summed E-state index contributed by atoms with van der Waals surface area (Å²) in [6.07, 6.45) is 0. The van der Waals surface area contributed by atoms with Crippen LogP contribution in [0.5, 0.6) is 0 Å². The fourth-order valence-electron chi connectivity index (χ4n) is 1.13. The number of hydrogen-bond acceptors (Lipinski definition) is 1. The first-order chi connectivity index (χ1) is 7.97. The molecule has 0 spiro atoms. The molecule has 100 valence electrons. The second kappa shape index (κ2) is 7.79. The molecule has 0 aliphatic carbocycles. The van der Waals surface area contributed by atoms with Crippen LogP contribution in [0, 0.1) is 0 Å². The Morgan fingerprint density at radius 1 is 1.22 bits per heavy atom. The van der Waals surface area contributed by atoms with Crippen LogP contribution >= 0.6 is 24.0 Å². The summed E-state index contributed by atoms with van der Waals surface area (Å²) in [5, 5.41) is 3.54. The minimum atomic E-state index is 0. The van der Waals surface area contributed by atoms with Crippen LogP contribution in [0.25, 0.3) is 0 Å². The standard InChI is InChI=1S/C11H16ClN5.ClH/c1-7(2)15-10(13)17-11(14)16-9-5-3-8(12)4-6-9;/h3-7H,1-2H3,(H5,13,14,15,16,17);1H. The summed E-state index contributed by atoms with van der Waals surface area (Å²) in [5.74, 6) is 0.341. The third-order valence-corrected chi connectivity index (χ3v) is 1.99. The minimum Gasteiger partial charge on any atom is -0.369 e. The summed E-state index contributed by atoms with van der Waals surface area (Å²) in [5.41, 5.74) is 12.0. The lowest BCUT2D eigenvalue weighted by Crippen LogP contribution is -2.26. The molecule has 0 heterocycles. The number of anilines is 1. The van der Waals surface area contributed by atoms with Gasteiger partial charge in [-0.05, 0) is 38.1 Å². The van der Waals surface area contributed by atoms with Gasteiger partial charge >= 0.3 is 0 Å². The van der Waals surface area contributed by atoms with E-state index in [1.54, 1.807) is 24.3 Å². The quantitative estimate of drug-likeness (QED) is 0.576. The second-order valence-corrected chi connectivity index (χ2v) is 4.15. The summed E-state index contributed by atoms with van der Waals surface area (Å²) in [6, 6.07) is 7.17. The van der Waals surface area contributed by atoms with Crippen molar-refractivity contribution in [3.63, 3.8) is 0 Å². The molecule has 1 rings (SSSR count). The van der Waals surface area contributed by atoms with Gasteiger partial charge in [-0.25, -0.2) is 4.99 Å². The van der Waals surface area contributed by atoms with E-state index >= 15 is 0 Å². The Labute approximate surface area is 118 Å². The van der Waals surface area contributed by atoms with Crippen molar-refractivity contribution in [2.45, 2.75) is 19.9 Å². The monoisotopic (exact) mass is 289 g/mol. The molecule has 1 aromatic rings. The first-order valence-corrected chi connectivity index (χ1v) is 5.55. The largest absolute Gasteiger partial charge is 0.369 e. The van der Waals surface area contributed by atoms with E-state index in [1.165, 1.54) is 0 Å². The van der Waals surface area contributed by atoms with E-state index in [0.29, 0.717) is 5.02 Å². The predicted octanol–water partition coefficient (Wildman–Crippen LogP) is 2.21. The SMILES string of the molecule is CC(C)N=C(N)N=C(N)Nc1ccc(Cl)cc1.Cl. The van der Waals surface area contributed by atoms with Crippen LogP contribution in [0.15, 0.2) is 34.3 Å². The fraction of sp³-hybridized carbons (Fsp3) is 0.273. The number of halogens is 2. The highest BCUT2D eigenvalue weighted by Gasteiger charge is 1.97. The summed E-state index contributed by atoms with van der Waals surface area (Å²) in [7, 11) is 0. The maximum absolute atomic E-state index is 5.76. The Morgan fingerprint density at radius 3 is 2.28 bits per heavy atom. The van der Waals surface area contributed by atoms with Crippen LogP contribution in [0.4, 0.5) is 5.69 Å². The van der Waals surface area contributed by atoms with E-state index in [0.717, 1.165) is 5.69 Å². The van der Waals surface area contributed by atoms with Gasteiger partial charge in [0.15, 0.2) is 0 Å². The van der Waals surface area contributed by atoms with Crippen molar-refractivity contribution < 1.29 is 0 Å². The highest BCUT2D eigenvalue weighted by molar-refractivity contribution is 6.30. The van der Waals surface area contributed by atoms with Crippen LogP contribution in [-0.4, -0.2) is 18.0 Å². The first kappa shape index (κ1) is 16.5. The lowest BCUT2D eigenvalue weighted by molar-refractivity contribution is 0.831. The summed E-state index contributed by atoms with van der Waals surface area (Å²) in [6.45, 7) is 3.82. The van der Waals surface area contributed by atoms with Gasteiger partial charge in [-0.15, -0.1) is 12.4 Å². The molecule has 0 amide bonds. The zero-order valence-electron chi connectivity index (χ0n) is 10.2. The van der Waals surface area contributed by atoms with Crippen LogP contribution in [-0.2, 0) is 0 Å². The van der Waals surface area contributed by atoms with E-state index in [9.17, 15) is 0 Å². The highest BCUT2D eigenvalue weighted by atomic mass is 35.5. The molecular weight excluding hydrogens is 273 g/mol. The van der Waals surface area contributed by atoms with E-state index in [-0.39, 0.29) is 30.4 Å². The Morgan fingerprint density at radius 2 is 1.78 bits per heavy atom. The number of guanidine groups is 2. The maximum atomic E-state index is 5.76. The van der Waals surface area contributed by atoms with Gasteiger partial charge in [0.05, 0.1) is 0 Å². The van der Waals surface area contributed by atoms with Gasteiger partial charge in [-0.2, -0.15) is 4.99 Å². The van der Waals surface area contributed by atoms with Crippen molar-refractivity contribution in [2.24, 2.45) is 21.5 Å². The zero-order chi connectivity index (χ0) is 12.8. The van der Waals surface area contributed by atoms with E-state index in [1.807, 2.05) is 13.8 Å². The molecule has 0 saturated carbocycles. The Balaban J connectivity index is 0.00000289. The van der Waals surface area contributed by atoms with E-state index in [4.69, 9.17) is 23.1 Å². The summed E-state index contributed by atoms with van der Waals surface area (Å²) in [4.78, 5) is 7.95. The number of nitrogens with one attached hydrogen (secondary N) is 1. The molecule has 0 bridgehead atoms. The molecular formula is C11H17Cl2N5. The molecule has 0 saturated heterocycles. The number of nitrogens with two attached hydrogens (primary N) is 2. The molecule has 5 N–H and O–H groups in total. The minimum absolute atomic E-state index is 0. The van der Waals surface area contributed by atoms with Crippen molar-refractivity contribution in [1.82, 2.24) is 0 Å². The van der Waals surface area contributed by atoms with E-state index < -0.39 is 0 Å². The molecule has 0 fully saturated rings. The topological polar surface area (TPSA) is 88.8 Å². The number of hydrogen-bond donors (Lipinski definition) is 3. The molecule has 0 atom stereocenters. The van der Waals surface area contributed by atoms with Crippen molar-refractivity contribution in [3.8, 4) is 0 Å². The smallest absolute Gasteiger partial charge is 0.218 e. The van der Waals surface area contributed by atoms with Gasteiger partial charge < -0.3 is 16.8 Å². The first-order valence-electron chi connectivity index (χ1n) is 5.17. The Bertz CT molecular complexity index is 426. The average Bonchev–Trinajstić information content (AvgIpc) is 2.19. The van der Waals surface area contributed by atoms with Gasteiger partial charge in [0.1, 0.15) is 0 Å². The summed E-state index contributed by atoms with van der Waals surface area (Å²) < 4.78 is 0. The van der Waals surface area contributed by atoms with Crippen molar-refractivity contribution >= 4 is 41.6 Å². The zero-order valence-corrected chi connectivity index (χ0v) is 11.8. The number of benzene rings is 1. The normalized spacial score (nSPS) is 12.2. The van der Waals surface area contributed by atoms with Crippen LogP contribution in [0.1, 0.15) is 13.8 Å². The van der Waals surface area contributed by atoms with Crippen molar-refractivity contribution in [1.29, 1.82) is 0 Å². The number of aliphatic imine (C=N–C) groups is 2. The molecule has 0 radical (unpaired) electrons. The average molecular weight is 290 g/mol. The predicted molar refractivity (Wildman–Crippen MR) is 80.7 cm³/mol. The Hall–Kier alpha value is -1.46. The molecule has 7 heteroatoms. The number of rotatable bonds is 2. The van der Waals surface area contributed by atoms with Gasteiger partial charge in [0.25, 0.3) is 0 Å². The lowest BCUT2D eigenvalue weighted by Gasteiger charge is -2.05. The fourth-order valence-corrected chi connectivity index (χ4v) is 1.25. The van der Waals surface area contributed by atoms with Gasteiger partial charge in [-0.1, -0.05) is 11.6 Å². The van der Waals surface area contributed by atoms with Gasteiger partial charge in [-0.3, -0.25) is 0 Å². The van der Waals surface area contributed by atoms with Crippen molar-refractivity contribution in [3.05, 3.63) is 29.3 Å². The molecule has 5 nitrogen and oxygen atoms in total. The van der Waals surface area contributed by atoms with Gasteiger partial charge in [0, 0.05) is 16.8 Å². The van der Waals surface area contributed by atoms with Crippen LogP contribution < -0.4 is 16.8 Å². The van der Waals surface area contributed by atoms with Crippen LogP contribution in [0.3, 0.4) is 0 Å². The number of nitrogens with zero attached hydrogens (tertiary/aromatic N) is 2. The lowest BCUT2D eigenvalue weighted by atomic mass is 10.3. The van der Waals surface area contributed by atoms with E-state index in [2.05, 4.69) is 15.3 Å². The molecule has 1 aromatic carbocycles. The molecule has 18 heavy (non-hydrogen) atoms. The Kier molecular flexibility index (Phi) is 7.16.